The molecule has 23 heavy (non-hydrogen) atoms. The highest BCUT2D eigenvalue weighted by molar-refractivity contribution is 7.14. The van der Waals surface area contributed by atoms with E-state index >= 15 is 0 Å². The van der Waals surface area contributed by atoms with Crippen molar-refractivity contribution in [3.8, 4) is 10.6 Å². The highest BCUT2D eigenvalue weighted by Gasteiger charge is 2.32. The number of methoxy groups -OCH3 is 1. The van der Waals surface area contributed by atoms with Crippen LogP contribution in [-0.4, -0.2) is 48.0 Å². The predicted octanol–water partition coefficient (Wildman–Crippen LogP) is 1.74. The molecule has 6 nitrogen and oxygen atoms in total. The molecule has 2 aromatic rings. The molecule has 3 heterocycles. The first-order chi connectivity index (χ1) is 11.2. The van der Waals surface area contributed by atoms with Gasteiger partial charge in [0.2, 0.25) is 5.91 Å². The lowest BCUT2D eigenvalue weighted by molar-refractivity contribution is -0.146. The summed E-state index contributed by atoms with van der Waals surface area (Å²) in [4.78, 5) is 30.2. The van der Waals surface area contributed by atoms with Crippen molar-refractivity contribution < 1.29 is 14.3 Å². The van der Waals surface area contributed by atoms with E-state index in [4.69, 9.17) is 4.74 Å². The first-order valence-corrected chi connectivity index (χ1v) is 9.05. The lowest BCUT2D eigenvalue weighted by atomic mass is 10.1. The van der Waals surface area contributed by atoms with Gasteiger partial charge >= 0.3 is 5.97 Å². The third-order valence-corrected chi connectivity index (χ3v) is 5.34. The van der Waals surface area contributed by atoms with Gasteiger partial charge in [0.25, 0.3) is 0 Å². The highest BCUT2D eigenvalue weighted by atomic mass is 32.1. The topological polar surface area (TPSA) is 71.5 Å². The molecule has 0 saturated carbocycles. The number of ether oxygens (including phenoxy) is 1. The van der Waals surface area contributed by atoms with Crippen molar-refractivity contribution in [2.24, 2.45) is 0 Å². The normalized spacial score (nSPS) is 18.7. The van der Waals surface area contributed by atoms with E-state index in [0.717, 1.165) is 16.3 Å². The molecule has 0 bridgehead atoms. The van der Waals surface area contributed by atoms with Gasteiger partial charge in [-0.05, 0) is 11.4 Å². The summed E-state index contributed by atoms with van der Waals surface area (Å²) in [5.41, 5.74) is 2.04. The first kappa shape index (κ1) is 16.1. The van der Waals surface area contributed by atoms with Crippen molar-refractivity contribution in [1.82, 2.24) is 15.2 Å². The second kappa shape index (κ2) is 7.20. The third kappa shape index (κ3) is 3.77. The number of esters is 1. The summed E-state index contributed by atoms with van der Waals surface area (Å²) in [6, 6.07) is 1.55. The molecule has 0 spiro atoms. The minimum absolute atomic E-state index is 0.0594. The molecule has 0 aliphatic carbocycles. The lowest BCUT2D eigenvalue weighted by Gasteiger charge is -2.33. The van der Waals surface area contributed by atoms with Gasteiger partial charge in [-0.1, -0.05) is 0 Å². The molecule has 0 aromatic carbocycles. The zero-order valence-corrected chi connectivity index (χ0v) is 14.3. The van der Waals surface area contributed by atoms with E-state index in [9.17, 15) is 9.59 Å². The van der Waals surface area contributed by atoms with Crippen LogP contribution in [0, 0.1) is 0 Å². The van der Waals surface area contributed by atoms with Crippen LogP contribution < -0.4 is 5.32 Å². The van der Waals surface area contributed by atoms with Crippen LogP contribution in [0.5, 0.6) is 0 Å². The zero-order valence-electron chi connectivity index (χ0n) is 12.7. The maximum Gasteiger partial charge on any atom is 0.307 e. The molecular weight excluding hydrogens is 334 g/mol. The van der Waals surface area contributed by atoms with Gasteiger partial charge in [0.1, 0.15) is 11.0 Å². The molecule has 1 amide bonds. The van der Waals surface area contributed by atoms with E-state index in [-0.39, 0.29) is 18.3 Å². The zero-order chi connectivity index (χ0) is 16.2. The van der Waals surface area contributed by atoms with E-state index in [1.54, 1.807) is 22.7 Å². The van der Waals surface area contributed by atoms with Gasteiger partial charge in [-0.3, -0.25) is 14.5 Å². The van der Waals surface area contributed by atoms with Crippen molar-refractivity contribution in [3.05, 3.63) is 27.9 Å². The van der Waals surface area contributed by atoms with Gasteiger partial charge in [-0.2, -0.15) is 11.3 Å². The second-order valence-corrected chi connectivity index (χ2v) is 6.85. The molecule has 1 atom stereocenters. The molecule has 1 N–H and O–H groups in total. The van der Waals surface area contributed by atoms with Crippen LogP contribution in [0.2, 0.25) is 0 Å². The maximum absolute atomic E-state index is 12.1. The van der Waals surface area contributed by atoms with Crippen molar-refractivity contribution in [2.45, 2.75) is 19.0 Å². The fourth-order valence-electron chi connectivity index (χ4n) is 2.52. The Bertz CT molecular complexity index is 684. The average molecular weight is 351 g/mol. The Kier molecular flexibility index (Phi) is 5.04. The largest absolute Gasteiger partial charge is 0.469 e. The minimum Gasteiger partial charge on any atom is -0.469 e. The SMILES string of the molecule is COC(=O)C[C@@H]1C(=O)NCCN1Cc1csc(-c2ccsc2)n1. The quantitative estimate of drug-likeness (QED) is 0.831. The van der Waals surface area contributed by atoms with Crippen molar-refractivity contribution in [2.75, 3.05) is 20.2 Å². The molecule has 8 heteroatoms. The number of hydrogen-bond acceptors (Lipinski definition) is 7. The molecule has 1 fully saturated rings. The smallest absolute Gasteiger partial charge is 0.307 e. The van der Waals surface area contributed by atoms with Gasteiger partial charge in [-0.15, -0.1) is 11.3 Å². The summed E-state index contributed by atoms with van der Waals surface area (Å²) in [7, 11) is 1.33. The predicted molar refractivity (Wildman–Crippen MR) is 89.3 cm³/mol. The fourth-order valence-corrected chi connectivity index (χ4v) is 4.04. The summed E-state index contributed by atoms with van der Waals surface area (Å²) in [5.74, 6) is -0.510. The summed E-state index contributed by atoms with van der Waals surface area (Å²) in [6.45, 7) is 1.83. The molecular formula is C15H17N3O3S2. The molecule has 0 radical (unpaired) electrons. The number of aromatic nitrogens is 1. The van der Waals surface area contributed by atoms with Crippen molar-refractivity contribution in [3.63, 3.8) is 0 Å². The lowest BCUT2D eigenvalue weighted by Crippen LogP contribution is -2.55. The third-order valence-electron chi connectivity index (χ3n) is 3.71. The molecule has 3 rings (SSSR count). The Hall–Kier alpha value is -1.77. The number of amides is 1. The van der Waals surface area contributed by atoms with E-state index in [1.165, 1.54) is 7.11 Å². The van der Waals surface area contributed by atoms with Gasteiger partial charge in [-0.25, -0.2) is 4.98 Å². The van der Waals surface area contributed by atoms with Crippen LogP contribution in [0.25, 0.3) is 10.6 Å². The molecule has 1 aliphatic heterocycles. The number of nitrogens with one attached hydrogen (secondary N) is 1. The minimum atomic E-state index is -0.498. The number of hydrogen-bond donors (Lipinski definition) is 1. The molecule has 122 valence electrons. The van der Waals surface area contributed by atoms with Crippen LogP contribution in [0.15, 0.2) is 22.2 Å². The summed E-state index contributed by atoms with van der Waals surface area (Å²) >= 11 is 3.23. The Morgan fingerprint density at radius 1 is 1.52 bits per heavy atom. The number of thiazole rings is 1. The number of thiophene rings is 1. The van der Waals surface area contributed by atoms with Gasteiger partial charge in [0.15, 0.2) is 0 Å². The number of carbonyl (C=O) groups is 2. The highest BCUT2D eigenvalue weighted by Crippen LogP contribution is 2.26. The standard InChI is InChI=1S/C15H17N3O3S2/c1-21-13(19)6-12-14(20)16-3-4-18(12)7-11-9-23-15(17-11)10-2-5-22-8-10/h2,5,8-9,12H,3-4,6-7H2,1H3,(H,16,20)/t12-/m1/s1. The van der Waals surface area contributed by atoms with Crippen LogP contribution in [0.3, 0.4) is 0 Å². The summed E-state index contributed by atoms with van der Waals surface area (Å²) in [6.07, 6.45) is 0.0594. The number of nitrogens with zero attached hydrogens (tertiary/aromatic N) is 2. The van der Waals surface area contributed by atoms with E-state index in [2.05, 4.69) is 15.7 Å². The Morgan fingerprint density at radius 2 is 2.39 bits per heavy atom. The van der Waals surface area contributed by atoms with Gasteiger partial charge in [0, 0.05) is 36.0 Å². The Morgan fingerprint density at radius 3 is 3.13 bits per heavy atom. The number of carbonyl (C=O) groups excluding carboxylic acids is 2. The average Bonchev–Trinajstić information content (AvgIpc) is 3.21. The fraction of sp³-hybridized carbons (Fsp3) is 0.400. The summed E-state index contributed by atoms with van der Waals surface area (Å²) < 4.78 is 4.69. The maximum atomic E-state index is 12.1. The van der Waals surface area contributed by atoms with Crippen LogP contribution >= 0.6 is 22.7 Å². The molecule has 1 saturated heterocycles. The first-order valence-electron chi connectivity index (χ1n) is 7.23. The Balaban J connectivity index is 1.72. The van der Waals surface area contributed by atoms with Gasteiger partial charge < -0.3 is 10.1 Å². The second-order valence-electron chi connectivity index (χ2n) is 5.21. The van der Waals surface area contributed by atoms with Gasteiger partial charge in [0.05, 0.1) is 19.2 Å². The number of rotatable bonds is 5. The van der Waals surface area contributed by atoms with Crippen LogP contribution in [0.4, 0.5) is 0 Å². The molecule has 2 aromatic heterocycles. The van der Waals surface area contributed by atoms with Crippen LogP contribution in [0.1, 0.15) is 12.1 Å². The van der Waals surface area contributed by atoms with E-state index in [0.29, 0.717) is 19.6 Å². The Labute approximate surface area is 142 Å². The van der Waals surface area contributed by atoms with E-state index < -0.39 is 6.04 Å². The van der Waals surface area contributed by atoms with Crippen molar-refractivity contribution >= 4 is 34.6 Å². The summed E-state index contributed by atoms with van der Waals surface area (Å²) in [5, 5.41) is 9.88. The van der Waals surface area contributed by atoms with Crippen molar-refractivity contribution in [1.29, 1.82) is 0 Å². The monoisotopic (exact) mass is 351 g/mol. The molecule has 0 unspecified atom stereocenters. The number of piperazine rings is 1. The molecule has 1 aliphatic rings. The van der Waals surface area contributed by atoms with Crippen LogP contribution in [-0.2, 0) is 20.9 Å². The van der Waals surface area contributed by atoms with E-state index in [1.807, 2.05) is 21.7 Å².